The normalized spacial score (nSPS) is 13.8. The zero-order valence-electron chi connectivity index (χ0n) is 11.5. The summed E-state index contributed by atoms with van der Waals surface area (Å²) in [6.07, 6.45) is 0. The van der Waals surface area contributed by atoms with E-state index in [0.29, 0.717) is 0 Å². The minimum atomic E-state index is -3.79. The Bertz CT molecular complexity index is 549. The average molecular weight is 287 g/mol. The molecule has 0 heterocycles. The minimum Gasteiger partial charge on any atom is -0.480 e. The number of likely N-dealkylation sites (N-methyl/N-ethyl adjacent to an activating group) is 1. The Morgan fingerprint density at radius 2 is 1.74 bits per heavy atom. The van der Waals surface area contributed by atoms with Gasteiger partial charge in [-0.3, -0.25) is 4.79 Å². The second kappa shape index (κ2) is 5.71. The molecule has 1 aromatic carbocycles. The summed E-state index contributed by atoms with van der Waals surface area (Å²) in [7, 11) is -2.49. The number of hydrogen-bond acceptors (Lipinski definition) is 3. The zero-order valence-corrected chi connectivity index (χ0v) is 12.3. The molecular formula is C13H19NO4S. The first kappa shape index (κ1) is 15.7. The van der Waals surface area contributed by atoms with Crippen LogP contribution in [0.15, 0.2) is 29.2 Å². The van der Waals surface area contributed by atoms with Crippen LogP contribution in [0.25, 0.3) is 0 Å². The van der Waals surface area contributed by atoms with E-state index in [9.17, 15) is 13.2 Å². The van der Waals surface area contributed by atoms with Crippen LogP contribution in [0.2, 0.25) is 0 Å². The molecule has 106 valence electrons. The number of rotatable bonds is 5. The Hall–Kier alpha value is -1.40. The minimum absolute atomic E-state index is 0.104. The lowest BCUT2D eigenvalue weighted by molar-refractivity contribution is -0.142. The summed E-state index contributed by atoms with van der Waals surface area (Å²) in [6.45, 7) is 5.22. The second-order valence-corrected chi connectivity index (χ2v) is 6.86. The van der Waals surface area contributed by atoms with E-state index in [1.807, 2.05) is 6.92 Å². The zero-order chi connectivity index (χ0) is 14.8. The number of hydrogen-bond donors (Lipinski definition) is 1. The third-order valence-electron chi connectivity index (χ3n) is 2.97. The maximum atomic E-state index is 12.4. The smallest absolute Gasteiger partial charge is 0.322 e. The molecule has 0 aliphatic heterocycles. The molecule has 0 saturated carbocycles. The van der Waals surface area contributed by atoms with E-state index in [1.54, 1.807) is 26.0 Å². The van der Waals surface area contributed by atoms with Gasteiger partial charge in [-0.15, -0.1) is 0 Å². The SMILES string of the molecule is Cc1ccc(S(=O)(=O)N([14CH3])[C@H](C(=O)O)C(C)C)cc1. The Morgan fingerprint density at radius 1 is 1.26 bits per heavy atom. The fraction of sp³-hybridized carbons (Fsp3) is 0.462. The van der Waals surface area contributed by atoms with E-state index in [4.69, 9.17) is 5.11 Å². The number of carbonyl (C=O) groups is 1. The molecule has 19 heavy (non-hydrogen) atoms. The van der Waals surface area contributed by atoms with Crippen LogP contribution in [0, 0.1) is 12.8 Å². The first-order chi connectivity index (χ1) is 8.67. The number of aliphatic carboxylic acids is 1. The van der Waals surface area contributed by atoms with E-state index >= 15 is 0 Å². The molecule has 0 aliphatic rings. The highest BCUT2D eigenvalue weighted by Crippen LogP contribution is 2.20. The lowest BCUT2D eigenvalue weighted by Gasteiger charge is -2.27. The Labute approximate surface area is 113 Å². The summed E-state index contributed by atoms with van der Waals surface area (Å²) < 4.78 is 25.6. The fourth-order valence-corrected chi connectivity index (χ4v) is 3.33. The highest BCUT2D eigenvalue weighted by molar-refractivity contribution is 7.89. The molecule has 1 aromatic rings. The van der Waals surface area contributed by atoms with Crippen molar-refractivity contribution in [2.24, 2.45) is 5.92 Å². The van der Waals surface area contributed by atoms with Crippen molar-refractivity contribution in [2.45, 2.75) is 31.7 Å². The Morgan fingerprint density at radius 3 is 2.11 bits per heavy atom. The van der Waals surface area contributed by atoms with Crippen molar-refractivity contribution in [1.29, 1.82) is 0 Å². The third-order valence-corrected chi connectivity index (χ3v) is 4.83. The molecular weight excluding hydrogens is 268 g/mol. The van der Waals surface area contributed by atoms with Crippen LogP contribution in [-0.4, -0.2) is 36.9 Å². The number of carboxylic acid groups (broad SMARTS) is 1. The number of aryl methyl sites for hydroxylation is 1. The predicted molar refractivity (Wildman–Crippen MR) is 72.4 cm³/mol. The van der Waals surface area contributed by atoms with Gasteiger partial charge >= 0.3 is 5.97 Å². The summed E-state index contributed by atoms with van der Waals surface area (Å²) in [4.78, 5) is 11.3. The molecule has 5 nitrogen and oxygen atoms in total. The van der Waals surface area contributed by atoms with Crippen LogP contribution in [0.5, 0.6) is 0 Å². The van der Waals surface area contributed by atoms with E-state index in [1.165, 1.54) is 19.2 Å². The van der Waals surface area contributed by atoms with Crippen LogP contribution < -0.4 is 0 Å². The van der Waals surface area contributed by atoms with Gasteiger partial charge in [0.25, 0.3) is 0 Å². The fourth-order valence-electron chi connectivity index (χ4n) is 1.89. The molecule has 0 amide bonds. The summed E-state index contributed by atoms with van der Waals surface area (Å²) in [5, 5.41) is 9.16. The van der Waals surface area contributed by atoms with Gasteiger partial charge in [-0.25, -0.2) is 8.42 Å². The van der Waals surface area contributed by atoms with Gasteiger partial charge in [-0.05, 0) is 25.0 Å². The van der Waals surface area contributed by atoms with E-state index in [-0.39, 0.29) is 10.8 Å². The van der Waals surface area contributed by atoms with Gasteiger partial charge in [0, 0.05) is 7.05 Å². The molecule has 0 saturated heterocycles. The summed E-state index contributed by atoms with van der Waals surface area (Å²) in [5.41, 5.74) is 0.945. The van der Waals surface area contributed by atoms with Crippen LogP contribution in [0.1, 0.15) is 19.4 Å². The lowest BCUT2D eigenvalue weighted by atomic mass is 10.1. The molecule has 6 heteroatoms. The van der Waals surface area contributed by atoms with Crippen molar-refractivity contribution in [2.75, 3.05) is 7.05 Å². The van der Waals surface area contributed by atoms with Gasteiger partial charge in [0.15, 0.2) is 0 Å². The maximum Gasteiger partial charge on any atom is 0.322 e. The van der Waals surface area contributed by atoms with Gasteiger partial charge in [0.1, 0.15) is 6.04 Å². The van der Waals surface area contributed by atoms with E-state index < -0.39 is 22.0 Å². The van der Waals surface area contributed by atoms with Crippen molar-refractivity contribution in [3.05, 3.63) is 29.8 Å². The van der Waals surface area contributed by atoms with Gasteiger partial charge in [0.2, 0.25) is 10.0 Å². The van der Waals surface area contributed by atoms with Crippen molar-refractivity contribution in [3.8, 4) is 0 Å². The number of carboxylic acids is 1. The van der Waals surface area contributed by atoms with Crippen LogP contribution >= 0.6 is 0 Å². The van der Waals surface area contributed by atoms with Gasteiger partial charge in [-0.1, -0.05) is 31.5 Å². The molecule has 0 fully saturated rings. The molecule has 0 aliphatic carbocycles. The molecule has 0 aromatic heterocycles. The highest BCUT2D eigenvalue weighted by Gasteiger charge is 2.34. The molecule has 1 N–H and O–H groups in total. The van der Waals surface area contributed by atoms with Crippen LogP contribution in [0.3, 0.4) is 0 Å². The Balaban J connectivity index is 3.19. The first-order valence-electron chi connectivity index (χ1n) is 5.95. The molecule has 0 radical (unpaired) electrons. The monoisotopic (exact) mass is 287 g/mol. The van der Waals surface area contributed by atoms with Gasteiger partial charge < -0.3 is 5.11 Å². The molecule has 0 bridgehead atoms. The quantitative estimate of drug-likeness (QED) is 0.895. The topological polar surface area (TPSA) is 74.7 Å². The highest BCUT2D eigenvalue weighted by atomic mass is 32.2. The molecule has 1 rings (SSSR count). The van der Waals surface area contributed by atoms with Crippen molar-refractivity contribution < 1.29 is 18.3 Å². The number of sulfonamides is 1. The standard InChI is InChI=1S/C13H19NO4S/c1-9(2)12(13(15)16)14(4)19(17,18)11-7-5-10(3)6-8-11/h5-9,12H,1-4H3,(H,15,16)/t12-/m0/s1/i4+2. The summed E-state index contributed by atoms with van der Waals surface area (Å²) >= 11 is 0. The lowest BCUT2D eigenvalue weighted by Crippen LogP contribution is -2.45. The second-order valence-electron chi connectivity index (χ2n) is 4.86. The van der Waals surface area contributed by atoms with Crippen LogP contribution in [0.4, 0.5) is 0 Å². The number of nitrogens with zero attached hydrogens (tertiary/aromatic N) is 1. The predicted octanol–water partition coefficient (Wildman–Crippen LogP) is 1.72. The summed E-state index contributed by atoms with van der Waals surface area (Å²) in [5.74, 6) is -1.46. The Kier molecular flexibility index (Phi) is 4.70. The van der Waals surface area contributed by atoms with Gasteiger partial charge in [-0.2, -0.15) is 4.31 Å². The van der Waals surface area contributed by atoms with Gasteiger partial charge in [0.05, 0.1) is 4.90 Å². The molecule has 0 spiro atoms. The van der Waals surface area contributed by atoms with Crippen molar-refractivity contribution in [1.82, 2.24) is 4.31 Å². The number of benzene rings is 1. The largest absolute Gasteiger partial charge is 0.480 e. The third kappa shape index (κ3) is 3.33. The van der Waals surface area contributed by atoms with E-state index in [0.717, 1.165) is 9.87 Å². The maximum absolute atomic E-state index is 12.4. The van der Waals surface area contributed by atoms with E-state index in [2.05, 4.69) is 0 Å². The molecule has 0 unspecified atom stereocenters. The van der Waals surface area contributed by atoms with Crippen LogP contribution in [-0.2, 0) is 14.8 Å². The molecule has 1 atom stereocenters. The van der Waals surface area contributed by atoms with Crippen molar-refractivity contribution >= 4 is 16.0 Å². The first-order valence-corrected chi connectivity index (χ1v) is 7.39. The summed E-state index contributed by atoms with van der Waals surface area (Å²) in [6, 6.07) is 5.27. The van der Waals surface area contributed by atoms with Crippen molar-refractivity contribution in [3.63, 3.8) is 0 Å². The average Bonchev–Trinajstić information content (AvgIpc) is 2.28.